The maximum absolute atomic E-state index is 12.8. The molecule has 0 radical (unpaired) electrons. The smallest absolute Gasteiger partial charge is 0.414 e. The topological polar surface area (TPSA) is 49.9 Å². The summed E-state index contributed by atoms with van der Waals surface area (Å²) < 4.78 is 4.96. The second-order valence-corrected chi connectivity index (χ2v) is 7.67. The van der Waals surface area contributed by atoms with Crippen LogP contribution < -0.4 is 4.90 Å². The van der Waals surface area contributed by atoms with E-state index in [1.165, 1.54) is 32.1 Å². The number of benzene rings is 1. The third kappa shape index (κ3) is 3.24. The monoisotopic (exact) mass is 342 g/mol. The molecule has 0 N–H and O–H groups in total. The number of hydrogen-bond acceptors (Lipinski definition) is 3. The average Bonchev–Trinajstić information content (AvgIpc) is 3.09. The van der Waals surface area contributed by atoms with E-state index in [0.29, 0.717) is 24.1 Å². The van der Waals surface area contributed by atoms with E-state index in [4.69, 9.17) is 4.74 Å². The zero-order valence-electron chi connectivity index (χ0n) is 14.7. The van der Waals surface area contributed by atoms with E-state index in [0.717, 1.165) is 31.6 Å². The number of ether oxygens (including phenoxy) is 1. The number of hydrogen-bond donors (Lipinski definition) is 0. The zero-order chi connectivity index (χ0) is 17.3. The van der Waals surface area contributed by atoms with Crippen LogP contribution in [-0.2, 0) is 4.74 Å². The maximum atomic E-state index is 12.8. The molecule has 5 nitrogen and oxygen atoms in total. The Morgan fingerprint density at radius 3 is 2.20 bits per heavy atom. The van der Waals surface area contributed by atoms with Crippen LogP contribution in [0.3, 0.4) is 0 Å². The molecule has 1 spiro atoms. The molecule has 1 aliphatic carbocycles. The lowest BCUT2D eigenvalue weighted by atomic mass is 9.68. The van der Waals surface area contributed by atoms with Crippen molar-refractivity contribution in [3.8, 4) is 0 Å². The highest BCUT2D eigenvalue weighted by atomic mass is 16.6. The molecule has 2 aliphatic heterocycles. The van der Waals surface area contributed by atoms with Crippen LogP contribution in [0.5, 0.6) is 0 Å². The van der Waals surface area contributed by atoms with Crippen molar-refractivity contribution in [1.29, 1.82) is 0 Å². The van der Waals surface area contributed by atoms with Gasteiger partial charge in [0, 0.05) is 24.3 Å². The van der Waals surface area contributed by atoms with Crippen LogP contribution in [0.1, 0.15) is 55.3 Å². The first-order chi connectivity index (χ1) is 12.2. The maximum Gasteiger partial charge on any atom is 0.414 e. The lowest BCUT2D eigenvalue weighted by molar-refractivity contribution is 0.0472. The van der Waals surface area contributed by atoms with Gasteiger partial charge in [-0.2, -0.15) is 0 Å². The minimum absolute atomic E-state index is 0.112. The molecule has 5 heteroatoms. The molecule has 2 heterocycles. The summed E-state index contributed by atoms with van der Waals surface area (Å²) in [6.45, 7) is 2.74. The van der Waals surface area contributed by atoms with Crippen LogP contribution >= 0.6 is 0 Å². The molecule has 4 rings (SSSR count). The van der Waals surface area contributed by atoms with Crippen molar-refractivity contribution >= 4 is 17.7 Å². The summed E-state index contributed by atoms with van der Waals surface area (Å²) in [5.74, 6) is 0.112. The van der Waals surface area contributed by atoms with E-state index >= 15 is 0 Å². The molecule has 2 amide bonds. The molecule has 3 aliphatic rings. The van der Waals surface area contributed by atoms with Crippen molar-refractivity contribution in [2.24, 2.45) is 5.41 Å². The summed E-state index contributed by atoms with van der Waals surface area (Å²) in [7, 11) is 0. The Labute approximate surface area is 148 Å². The normalized spacial score (nSPS) is 23.0. The fourth-order valence-corrected chi connectivity index (χ4v) is 4.58. The number of rotatable bonds is 2. The van der Waals surface area contributed by atoms with E-state index in [1.54, 1.807) is 4.90 Å². The number of amides is 2. The minimum atomic E-state index is -0.312. The third-order valence-electron chi connectivity index (χ3n) is 6.21. The Morgan fingerprint density at radius 2 is 1.60 bits per heavy atom. The molecule has 1 aromatic carbocycles. The predicted octanol–water partition coefficient (Wildman–Crippen LogP) is 3.83. The number of likely N-dealkylation sites (tertiary alicyclic amines) is 1. The quantitative estimate of drug-likeness (QED) is 0.821. The number of carbonyl (C=O) groups excluding carboxylic acids is 2. The molecule has 1 saturated carbocycles. The standard InChI is InChI=1S/C20H26N2O3/c23-18(21-12-10-20(11-13-21)8-2-1-3-9-20)16-4-6-17(7-5-16)22-14-15-25-19(22)24/h4-7H,1-3,8-15H2. The van der Waals surface area contributed by atoms with Gasteiger partial charge in [-0.1, -0.05) is 19.3 Å². The second kappa shape index (κ2) is 6.70. The molecule has 2 saturated heterocycles. The van der Waals surface area contributed by atoms with Crippen LogP contribution in [0.2, 0.25) is 0 Å². The van der Waals surface area contributed by atoms with E-state index in [1.807, 2.05) is 29.2 Å². The summed E-state index contributed by atoms with van der Waals surface area (Å²) >= 11 is 0. The summed E-state index contributed by atoms with van der Waals surface area (Å²) in [6.07, 6.45) is 8.76. The lowest BCUT2D eigenvalue weighted by Gasteiger charge is -2.44. The molecule has 0 atom stereocenters. The second-order valence-electron chi connectivity index (χ2n) is 7.67. The van der Waals surface area contributed by atoms with E-state index in [9.17, 15) is 9.59 Å². The van der Waals surface area contributed by atoms with Gasteiger partial charge in [-0.3, -0.25) is 9.69 Å². The summed E-state index contributed by atoms with van der Waals surface area (Å²) in [4.78, 5) is 28.0. The first kappa shape index (κ1) is 16.4. The van der Waals surface area contributed by atoms with E-state index in [2.05, 4.69) is 0 Å². The summed E-state index contributed by atoms with van der Waals surface area (Å²) in [5, 5.41) is 0. The molecule has 134 valence electrons. The summed E-state index contributed by atoms with van der Waals surface area (Å²) in [6, 6.07) is 7.33. The van der Waals surface area contributed by atoms with Crippen LogP contribution in [0.25, 0.3) is 0 Å². The van der Waals surface area contributed by atoms with Crippen molar-refractivity contribution in [2.45, 2.75) is 44.9 Å². The van der Waals surface area contributed by atoms with Crippen LogP contribution in [0.15, 0.2) is 24.3 Å². The first-order valence-electron chi connectivity index (χ1n) is 9.51. The largest absolute Gasteiger partial charge is 0.447 e. The Hall–Kier alpha value is -2.04. The van der Waals surface area contributed by atoms with Crippen LogP contribution in [0, 0.1) is 5.41 Å². The fourth-order valence-electron chi connectivity index (χ4n) is 4.58. The van der Waals surface area contributed by atoms with Gasteiger partial charge in [-0.05, 0) is 55.4 Å². The van der Waals surface area contributed by atoms with Gasteiger partial charge in [0.05, 0.1) is 6.54 Å². The highest BCUT2D eigenvalue weighted by Crippen LogP contribution is 2.44. The molecular weight excluding hydrogens is 316 g/mol. The number of cyclic esters (lactones) is 1. The molecule has 3 fully saturated rings. The average molecular weight is 342 g/mol. The number of carbonyl (C=O) groups is 2. The van der Waals surface area contributed by atoms with Crippen LogP contribution in [0.4, 0.5) is 10.5 Å². The highest BCUT2D eigenvalue weighted by Gasteiger charge is 2.36. The van der Waals surface area contributed by atoms with Gasteiger partial charge >= 0.3 is 6.09 Å². The zero-order valence-corrected chi connectivity index (χ0v) is 14.7. The Morgan fingerprint density at radius 1 is 0.920 bits per heavy atom. The predicted molar refractivity (Wildman–Crippen MR) is 95.8 cm³/mol. The Bertz CT molecular complexity index is 639. The van der Waals surface area contributed by atoms with Gasteiger partial charge in [0.2, 0.25) is 0 Å². The highest BCUT2D eigenvalue weighted by molar-refractivity contribution is 5.95. The van der Waals surface area contributed by atoms with Gasteiger partial charge in [0.1, 0.15) is 6.61 Å². The van der Waals surface area contributed by atoms with Crippen molar-refractivity contribution in [1.82, 2.24) is 4.90 Å². The van der Waals surface area contributed by atoms with Crippen molar-refractivity contribution in [3.63, 3.8) is 0 Å². The van der Waals surface area contributed by atoms with E-state index in [-0.39, 0.29) is 12.0 Å². The molecular formula is C20H26N2O3. The SMILES string of the molecule is O=C(c1ccc(N2CCOC2=O)cc1)N1CCC2(CCCCC2)CC1. The number of anilines is 1. The van der Waals surface area contributed by atoms with Crippen molar-refractivity contribution in [3.05, 3.63) is 29.8 Å². The van der Waals surface area contributed by atoms with Gasteiger partial charge in [-0.15, -0.1) is 0 Å². The molecule has 1 aromatic rings. The molecule has 0 bridgehead atoms. The fraction of sp³-hybridized carbons (Fsp3) is 0.600. The molecule has 0 aromatic heterocycles. The van der Waals surface area contributed by atoms with Gasteiger partial charge in [0.25, 0.3) is 5.91 Å². The van der Waals surface area contributed by atoms with Gasteiger partial charge in [-0.25, -0.2) is 4.79 Å². The van der Waals surface area contributed by atoms with Gasteiger partial charge in [0.15, 0.2) is 0 Å². The first-order valence-corrected chi connectivity index (χ1v) is 9.51. The third-order valence-corrected chi connectivity index (χ3v) is 6.21. The summed E-state index contributed by atoms with van der Waals surface area (Å²) in [5.41, 5.74) is 2.00. The van der Waals surface area contributed by atoms with Gasteiger partial charge < -0.3 is 9.64 Å². The lowest BCUT2D eigenvalue weighted by Crippen LogP contribution is -2.43. The number of nitrogens with zero attached hydrogens (tertiary/aromatic N) is 2. The minimum Gasteiger partial charge on any atom is -0.447 e. The van der Waals surface area contributed by atoms with Crippen molar-refractivity contribution in [2.75, 3.05) is 31.1 Å². The molecule has 25 heavy (non-hydrogen) atoms. The Balaban J connectivity index is 1.39. The number of piperidine rings is 1. The van der Waals surface area contributed by atoms with E-state index < -0.39 is 0 Å². The van der Waals surface area contributed by atoms with Crippen LogP contribution in [-0.4, -0.2) is 43.1 Å². The van der Waals surface area contributed by atoms with Crippen molar-refractivity contribution < 1.29 is 14.3 Å². The Kier molecular flexibility index (Phi) is 4.40. The molecule has 0 unspecified atom stereocenters.